The van der Waals surface area contributed by atoms with Gasteiger partial charge in [-0.3, -0.25) is 53.5 Å². The van der Waals surface area contributed by atoms with Gasteiger partial charge in [0.05, 0.1) is 141 Å². The number of aliphatic hydroxyl groups excluding tert-OH is 1. The summed E-state index contributed by atoms with van der Waals surface area (Å²) in [6.07, 6.45) is -0.991. The minimum atomic E-state index is -1.13. The number of carbonyl (C=O) groups excluding carboxylic acids is 11. The number of amides is 12. The van der Waals surface area contributed by atoms with E-state index in [9.17, 15) is 57.8 Å². The molecule has 1 saturated heterocycles. The summed E-state index contributed by atoms with van der Waals surface area (Å²) >= 11 is 0. The molecule has 12 unspecified atom stereocenters. The molecule has 125 heavy (non-hydrogen) atoms. The molecule has 12 atom stereocenters. The summed E-state index contributed by atoms with van der Waals surface area (Å²) in [6.45, 7) is 23.1. The van der Waals surface area contributed by atoms with Crippen molar-refractivity contribution in [1.82, 2.24) is 66.9 Å². The number of hydrazine groups is 1. The zero-order valence-corrected chi connectivity index (χ0v) is 76.3. The second-order valence-corrected chi connectivity index (χ2v) is 32.5. The van der Waals surface area contributed by atoms with Gasteiger partial charge in [-0.15, -0.1) is 0 Å². The SMILES string of the molecule is CCC(C)C(C(CC(=O)N1CCCC1C(OC)C(C)C(=O)NC(C)C(O)c1ccccc1)OC)N(C)C(=O)C(NC(=O)C(C(C)C)N(C)C(=O)OCc1ccc(NC(=O)C(CCCNC(N)=O)NC(=O)C(NC(=O)CCOCCOCCOCCOCCOCCOCCNC(=O)CNC(=O)CCn2c(CN(C)NC)cc3ccccc32)C(C)C)cc1)C(C)C. The van der Waals surface area contributed by atoms with Crippen LogP contribution in [0, 0.1) is 29.6 Å². The predicted molar refractivity (Wildman–Crippen MR) is 472 cm³/mol. The first kappa shape index (κ1) is 106. The Balaban J connectivity index is 0.977. The summed E-state index contributed by atoms with van der Waals surface area (Å²) in [6, 6.07) is 18.8. The Kier molecular flexibility index (Phi) is 48.6. The summed E-state index contributed by atoms with van der Waals surface area (Å²) < 4.78 is 53.3. The Hall–Kier alpha value is -9.47. The molecule has 5 rings (SSSR count). The highest BCUT2D eigenvalue weighted by Gasteiger charge is 2.44. The number of carbonyl (C=O) groups is 11. The topological polar surface area (TPSA) is 443 Å². The molecule has 0 saturated carbocycles. The van der Waals surface area contributed by atoms with Crippen molar-refractivity contribution >= 4 is 81.9 Å². The van der Waals surface area contributed by atoms with E-state index in [4.69, 9.17) is 48.4 Å². The number of urea groups is 1. The van der Waals surface area contributed by atoms with E-state index < -0.39 is 126 Å². The quantitative estimate of drug-likeness (QED) is 0.0206. The molecule has 1 aliphatic rings. The van der Waals surface area contributed by atoms with Gasteiger partial charge in [-0.1, -0.05) is 129 Å². The second kappa shape index (κ2) is 57.3. The molecule has 0 aliphatic carbocycles. The molecule has 36 nitrogen and oxygen atoms in total. The smallest absolute Gasteiger partial charge is 0.410 e. The number of aromatic nitrogens is 1. The van der Waals surface area contributed by atoms with Crippen LogP contribution in [0.25, 0.3) is 10.9 Å². The number of nitrogens with zero attached hydrogens (tertiary/aromatic N) is 5. The average Bonchev–Trinajstić information content (AvgIpc) is 1.70. The minimum Gasteiger partial charge on any atom is -0.445 e. The lowest BCUT2D eigenvalue weighted by Gasteiger charge is -2.41. The number of likely N-dealkylation sites (tertiary alicyclic amines) is 1. The van der Waals surface area contributed by atoms with Crippen LogP contribution >= 0.6 is 0 Å². The van der Waals surface area contributed by atoms with Gasteiger partial charge in [-0.25, -0.2) is 14.6 Å². The van der Waals surface area contributed by atoms with Crippen LogP contribution in [0.15, 0.2) is 84.9 Å². The number of likely N-dealkylation sites (N-methyl/N-ethyl adjacent to an activating group) is 2. The van der Waals surface area contributed by atoms with Crippen molar-refractivity contribution in [1.29, 1.82) is 0 Å². The summed E-state index contributed by atoms with van der Waals surface area (Å²) in [5.74, 6) is -5.97. The Labute approximate surface area is 737 Å². The molecule has 12 amide bonds. The first-order valence-corrected chi connectivity index (χ1v) is 43.6. The number of ether oxygens (including phenoxy) is 9. The van der Waals surface area contributed by atoms with Crippen molar-refractivity contribution in [2.24, 2.45) is 35.3 Å². The van der Waals surface area contributed by atoms with Crippen molar-refractivity contribution in [3.8, 4) is 0 Å². The molecule has 2 heterocycles. The normalized spacial score (nSPS) is 15.5. The maximum absolute atomic E-state index is 14.9. The van der Waals surface area contributed by atoms with Crippen molar-refractivity contribution in [2.75, 3.05) is 153 Å². The third kappa shape index (κ3) is 36.4. The second-order valence-electron chi connectivity index (χ2n) is 32.5. The Morgan fingerprint density at radius 3 is 1.78 bits per heavy atom. The van der Waals surface area contributed by atoms with Crippen molar-refractivity contribution in [3.05, 3.63) is 102 Å². The van der Waals surface area contributed by atoms with Gasteiger partial charge in [0.25, 0.3) is 0 Å². The molecule has 700 valence electrons. The van der Waals surface area contributed by atoms with E-state index in [2.05, 4.69) is 58.6 Å². The molecule has 12 N–H and O–H groups in total. The number of nitrogens with two attached hydrogens (primary N) is 1. The Morgan fingerprint density at radius 2 is 1.20 bits per heavy atom. The molecule has 1 aliphatic heterocycles. The van der Waals surface area contributed by atoms with E-state index in [-0.39, 0.29) is 114 Å². The standard InChI is InChI=1S/C89H143N15O21/c1-17-61(8)80(72(117-15)54-76(108)104-39-24-30-71(104)82(118-16)62(9)83(110)95-63(10)81(109)65-25-19-18-20-26-65)101(13)87(114)78(59(4)5)99-86(113)79(60(6)7)102(14)89(116)125-57-64-31-33-67(34-32-64)96-84(111)69(28-23-37-93-88(90)115)97-85(112)77(58(2)3)98-74(106)36-41-119-43-45-121-47-49-123-51-52-124-50-48-122-46-44-120-42-38-92-75(107)55-94-73(105)35-40-103-68(56-100(12)91-11)53-66-27-21-22-29-70(66)103/h18-22,25-27,29,31-34,53,58-63,69,71-72,77-82,91,109H,17,23-24,28,30,35-52,54-57H2,1-16H3,(H,92,107)(H,94,105)(H,95,110)(H,96,111)(H,97,112)(H,98,106)(H,99,113)(H3,90,93,115). The fourth-order valence-electron chi connectivity index (χ4n) is 14.8. The van der Waals surface area contributed by atoms with Crippen LogP contribution in [-0.4, -0.2) is 297 Å². The number of primary amides is 1. The van der Waals surface area contributed by atoms with E-state index in [1.807, 2.05) is 75.4 Å². The summed E-state index contributed by atoms with van der Waals surface area (Å²) in [4.78, 5) is 153. The third-order valence-electron chi connectivity index (χ3n) is 22.1. The Morgan fingerprint density at radius 1 is 0.600 bits per heavy atom. The number of nitrogens with one attached hydrogen (secondary N) is 9. The van der Waals surface area contributed by atoms with E-state index in [1.54, 1.807) is 109 Å². The summed E-state index contributed by atoms with van der Waals surface area (Å²) in [5, 5.41) is 36.2. The van der Waals surface area contributed by atoms with Crippen LogP contribution < -0.4 is 53.7 Å². The van der Waals surface area contributed by atoms with Crippen LogP contribution in [0.2, 0.25) is 0 Å². The molecule has 3 aromatic carbocycles. The molecule has 1 fully saturated rings. The van der Waals surface area contributed by atoms with Crippen LogP contribution in [0.4, 0.5) is 15.3 Å². The number of rotatable bonds is 61. The van der Waals surface area contributed by atoms with Crippen LogP contribution in [0.1, 0.15) is 144 Å². The summed E-state index contributed by atoms with van der Waals surface area (Å²) in [5.41, 5.74) is 12.0. The highest BCUT2D eigenvalue weighted by Crippen LogP contribution is 2.31. The maximum atomic E-state index is 14.9. The monoisotopic (exact) mass is 1760 g/mol. The number of aliphatic hydroxyl groups is 1. The molecule has 0 bridgehead atoms. The molecule has 1 aromatic heterocycles. The first-order chi connectivity index (χ1) is 59.8. The first-order valence-electron chi connectivity index (χ1n) is 43.6. The van der Waals surface area contributed by atoms with Crippen molar-refractivity contribution in [3.63, 3.8) is 0 Å². The van der Waals surface area contributed by atoms with Crippen molar-refractivity contribution in [2.45, 2.75) is 201 Å². The number of aryl methyl sites for hydroxylation is 1. The molecule has 0 spiro atoms. The average molecular weight is 1760 g/mol. The van der Waals surface area contributed by atoms with Gasteiger partial charge in [0, 0.05) is 91.3 Å². The van der Waals surface area contributed by atoms with E-state index in [1.165, 1.54) is 26.2 Å². The molecule has 0 radical (unpaired) electrons. The van der Waals surface area contributed by atoms with Crippen LogP contribution in [0.5, 0.6) is 0 Å². The van der Waals surface area contributed by atoms with Gasteiger partial charge in [0.1, 0.15) is 30.8 Å². The zero-order chi connectivity index (χ0) is 92.1. The van der Waals surface area contributed by atoms with Gasteiger partial charge in [0.15, 0.2) is 0 Å². The molecular weight excluding hydrogens is 1620 g/mol. The lowest BCUT2D eigenvalue weighted by Crippen LogP contribution is -2.60. The van der Waals surface area contributed by atoms with Gasteiger partial charge in [-0.2, -0.15) is 0 Å². The number of hydrogen-bond donors (Lipinski definition) is 11. The maximum Gasteiger partial charge on any atom is 0.410 e. The van der Waals surface area contributed by atoms with Crippen LogP contribution in [0.3, 0.4) is 0 Å². The zero-order valence-electron chi connectivity index (χ0n) is 76.3. The number of methoxy groups -OCH3 is 2. The highest BCUT2D eigenvalue weighted by atomic mass is 16.6. The fourth-order valence-corrected chi connectivity index (χ4v) is 14.8. The number of benzene rings is 3. The largest absolute Gasteiger partial charge is 0.445 e. The lowest BCUT2D eigenvalue weighted by molar-refractivity contribution is -0.148. The van der Waals surface area contributed by atoms with Crippen molar-refractivity contribution < 1.29 is 100 Å². The summed E-state index contributed by atoms with van der Waals surface area (Å²) in [7, 11) is 9.88. The minimum absolute atomic E-state index is 0.0416. The number of hydrogen-bond acceptors (Lipinski definition) is 23. The molecule has 36 heteroatoms. The third-order valence-corrected chi connectivity index (χ3v) is 22.1. The fraction of sp³-hybridized carbons (Fsp3) is 0.652. The van der Waals surface area contributed by atoms with E-state index in [0.29, 0.717) is 109 Å². The van der Waals surface area contributed by atoms with Crippen LogP contribution in [-0.2, 0) is 105 Å². The van der Waals surface area contributed by atoms with Gasteiger partial charge >= 0.3 is 12.1 Å². The van der Waals surface area contributed by atoms with E-state index in [0.717, 1.165) is 16.6 Å². The number of para-hydroxylation sites is 1. The van der Waals surface area contributed by atoms with Gasteiger partial charge in [-0.05, 0) is 104 Å². The predicted octanol–water partition coefficient (Wildman–Crippen LogP) is 4.92. The number of fused-ring (bicyclic) bond motifs is 1. The van der Waals surface area contributed by atoms with Gasteiger partial charge in [0.2, 0.25) is 53.2 Å². The molecular formula is C89H143N15O21. The Bertz CT molecular complexity index is 3940. The lowest BCUT2D eigenvalue weighted by atomic mass is 9.89. The highest BCUT2D eigenvalue weighted by molar-refractivity contribution is 5.99. The molecule has 4 aromatic rings. The van der Waals surface area contributed by atoms with E-state index >= 15 is 0 Å². The number of anilines is 1. The van der Waals surface area contributed by atoms with Gasteiger partial charge < -0.3 is 110 Å².